The lowest BCUT2D eigenvalue weighted by atomic mass is 9.98. The number of pyridine rings is 1. The Morgan fingerprint density at radius 1 is 1.53 bits per heavy atom. The Morgan fingerprint density at radius 2 is 2.20 bits per heavy atom. The standard InChI is InChI=1S/C10H16BN3O/c1-10(2,3)15-14-8-4-7(11)6-13-9(8)5-12/h4-6,12,14H,11H2,1-3H3. The second kappa shape index (κ2) is 4.44. The van der Waals surface area contributed by atoms with Crippen LogP contribution < -0.4 is 10.9 Å². The molecule has 0 bridgehead atoms. The van der Waals surface area contributed by atoms with Crippen molar-refractivity contribution in [3.8, 4) is 0 Å². The van der Waals surface area contributed by atoms with Crippen LogP contribution in [0.5, 0.6) is 0 Å². The van der Waals surface area contributed by atoms with Crippen molar-refractivity contribution in [2.24, 2.45) is 0 Å². The monoisotopic (exact) mass is 205 g/mol. The molecule has 0 aliphatic carbocycles. The van der Waals surface area contributed by atoms with Gasteiger partial charge in [0.05, 0.1) is 11.3 Å². The molecule has 2 N–H and O–H groups in total. The van der Waals surface area contributed by atoms with Crippen LogP contribution in [0.15, 0.2) is 12.3 Å². The highest BCUT2D eigenvalue weighted by molar-refractivity contribution is 6.32. The fraction of sp³-hybridized carbons (Fsp3) is 0.400. The van der Waals surface area contributed by atoms with E-state index < -0.39 is 0 Å². The molecule has 15 heavy (non-hydrogen) atoms. The molecule has 0 atom stereocenters. The summed E-state index contributed by atoms with van der Waals surface area (Å²) in [4.78, 5) is 9.53. The van der Waals surface area contributed by atoms with E-state index in [1.165, 1.54) is 6.21 Å². The lowest BCUT2D eigenvalue weighted by Gasteiger charge is -2.20. The fourth-order valence-corrected chi connectivity index (χ4v) is 0.985. The number of nitrogens with one attached hydrogen (secondary N) is 2. The van der Waals surface area contributed by atoms with Gasteiger partial charge < -0.3 is 5.41 Å². The quantitative estimate of drug-likeness (QED) is 0.428. The maximum atomic E-state index is 7.21. The Hall–Kier alpha value is -1.36. The van der Waals surface area contributed by atoms with Gasteiger partial charge in [0.25, 0.3) is 0 Å². The van der Waals surface area contributed by atoms with Crippen molar-refractivity contribution in [2.75, 3.05) is 5.48 Å². The van der Waals surface area contributed by atoms with Gasteiger partial charge >= 0.3 is 0 Å². The fourth-order valence-electron chi connectivity index (χ4n) is 0.985. The largest absolute Gasteiger partial charge is 0.306 e. The minimum Gasteiger partial charge on any atom is -0.306 e. The van der Waals surface area contributed by atoms with Crippen molar-refractivity contribution in [1.29, 1.82) is 5.41 Å². The van der Waals surface area contributed by atoms with Crippen molar-refractivity contribution in [2.45, 2.75) is 26.4 Å². The summed E-state index contributed by atoms with van der Waals surface area (Å²) >= 11 is 0. The number of nitrogens with zero attached hydrogens (tertiary/aromatic N) is 1. The molecule has 0 saturated carbocycles. The normalized spacial score (nSPS) is 11.1. The molecule has 1 heterocycles. The summed E-state index contributed by atoms with van der Waals surface area (Å²) in [6.07, 6.45) is 2.93. The zero-order valence-corrected chi connectivity index (χ0v) is 9.59. The lowest BCUT2D eigenvalue weighted by Crippen LogP contribution is -2.24. The number of hydrogen-bond donors (Lipinski definition) is 2. The van der Waals surface area contributed by atoms with Crippen LogP contribution in [0.2, 0.25) is 0 Å². The summed E-state index contributed by atoms with van der Waals surface area (Å²) in [6.45, 7) is 5.86. The molecule has 0 aliphatic rings. The van der Waals surface area contributed by atoms with E-state index >= 15 is 0 Å². The first kappa shape index (κ1) is 11.7. The highest BCUT2D eigenvalue weighted by atomic mass is 16.7. The molecule has 80 valence electrons. The number of hydrogen-bond acceptors (Lipinski definition) is 4. The van der Waals surface area contributed by atoms with E-state index in [1.54, 1.807) is 6.20 Å². The van der Waals surface area contributed by atoms with Crippen LogP contribution in [-0.2, 0) is 4.84 Å². The number of aromatic nitrogens is 1. The van der Waals surface area contributed by atoms with Gasteiger partial charge in [0.15, 0.2) is 0 Å². The molecular weight excluding hydrogens is 189 g/mol. The van der Waals surface area contributed by atoms with Gasteiger partial charge in [-0.15, -0.1) is 0 Å². The molecule has 1 aromatic heterocycles. The predicted octanol–water partition coefficient (Wildman–Crippen LogP) is 0.480. The van der Waals surface area contributed by atoms with E-state index in [1.807, 2.05) is 34.7 Å². The van der Waals surface area contributed by atoms with E-state index in [0.717, 1.165) is 11.2 Å². The minimum absolute atomic E-state index is 0.275. The second-order valence-corrected chi connectivity index (χ2v) is 4.41. The van der Waals surface area contributed by atoms with Gasteiger partial charge in [0, 0.05) is 12.4 Å². The first-order chi connectivity index (χ1) is 6.92. The summed E-state index contributed by atoms with van der Waals surface area (Å²) in [5, 5.41) is 7.21. The number of anilines is 1. The molecule has 0 amide bonds. The minimum atomic E-state index is -0.275. The Balaban J connectivity index is 2.83. The summed E-state index contributed by atoms with van der Waals surface area (Å²) in [5.41, 5.74) is 4.88. The topological polar surface area (TPSA) is 58.0 Å². The van der Waals surface area contributed by atoms with E-state index in [0.29, 0.717) is 5.69 Å². The van der Waals surface area contributed by atoms with Crippen molar-refractivity contribution in [1.82, 2.24) is 4.98 Å². The molecule has 0 saturated heterocycles. The van der Waals surface area contributed by atoms with Crippen molar-refractivity contribution < 1.29 is 4.84 Å². The summed E-state index contributed by atoms with van der Waals surface area (Å²) in [6, 6.07) is 1.90. The first-order valence-corrected chi connectivity index (χ1v) is 4.83. The van der Waals surface area contributed by atoms with Gasteiger partial charge in [0.2, 0.25) is 0 Å². The lowest BCUT2D eigenvalue weighted by molar-refractivity contribution is 0.0374. The van der Waals surface area contributed by atoms with Gasteiger partial charge in [-0.3, -0.25) is 15.3 Å². The average molecular weight is 205 g/mol. The average Bonchev–Trinajstić information content (AvgIpc) is 2.14. The maximum absolute atomic E-state index is 7.21. The Labute approximate surface area is 90.9 Å². The summed E-state index contributed by atoms with van der Waals surface area (Å²) < 4.78 is 0. The van der Waals surface area contributed by atoms with Gasteiger partial charge in [0.1, 0.15) is 13.5 Å². The third-order valence-electron chi connectivity index (χ3n) is 1.66. The Bertz CT molecular complexity index is 360. The van der Waals surface area contributed by atoms with Crippen LogP contribution in [0.1, 0.15) is 26.5 Å². The van der Waals surface area contributed by atoms with Crippen LogP contribution in [0.3, 0.4) is 0 Å². The van der Waals surface area contributed by atoms with E-state index in [-0.39, 0.29) is 5.60 Å². The molecule has 1 aromatic rings. The Morgan fingerprint density at radius 3 is 2.73 bits per heavy atom. The smallest absolute Gasteiger partial charge is 0.141 e. The first-order valence-electron chi connectivity index (χ1n) is 4.83. The molecule has 5 heteroatoms. The van der Waals surface area contributed by atoms with Crippen LogP contribution >= 0.6 is 0 Å². The molecule has 0 aliphatic heterocycles. The zero-order chi connectivity index (χ0) is 11.5. The molecule has 0 unspecified atom stereocenters. The summed E-state index contributed by atoms with van der Waals surface area (Å²) in [7, 11) is 1.95. The van der Waals surface area contributed by atoms with E-state index in [9.17, 15) is 0 Å². The molecule has 0 spiro atoms. The highest BCUT2D eigenvalue weighted by Crippen LogP contribution is 2.13. The SMILES string of the molecule is Bc1cnc(C=N)c(NOC(C)(C)C)c1. The molecule has 0 radical (unpaired) electrons. The summed E-state index contributed by atoms with van der Waals surface area (Å²) in [5.74, 6) is 0. The zero-order valence-electron chi connectivity index (χ0n) is 9.59. The maximum Gasteiger partial charge on any atom is 0.141 e. The molecule has 0 fully saturated rings. The van der Waals surface area contributed by atoms with Crippen molar-refractivity contribution >= 4 is 25.2 Å². The van der Waals surface area contributed by atoms with Gasteiger partial charge in [-0.25, -0.2) is 0 Å². The van der Waals surface area contributed by atoms with Crippen LogP contribution in [0.25, 0.3) is 0 Å². The van der Waals surface area contributed by atoms with Crippen LogP contribution in [0.4, 0.5) is 5.69 Å². The van der Waals surface area contributed by atoms with E-state index in [2.05, 4.69) is 10.5 Å². The van der Waals surface area contributed by atoms with Gasteiger partial charge in [-0.2, -0.15) is 0 Å². The molecular formula is C10H16BN3O. The molecule has 1 rings (SSSR count). The van der Waals surface area contributed by atoms with Crippen molar-refractivity contribution in [3.05, 3.63) is 18.0 Å². The van der Waals surface area contributed by atoms with Gasteiger partial charge in [-0.1, -0.05) is 5.46 Å². The third-order valence-corrected chi connectivity index (χ3v) is 1.66. The van der Waals surface area contributed by atoms with Crippen LogP contribution in [0, 0.1) is 5.41 Å². The van der Waals surface area contributed by atoms with E-state index in [4.69, 9.17) is 10.2 Å². The second-order valence-electron chi connectivity index (χ2n) is 4.41. The highest BCUT2D eigenvalue weighted by Gasteiger charge is 2.11. The molecule has 0 aromatic carbocycles. The van der Waals surface area contributed by atoms with Crippen LogP contribution in [-0.4, -0.2) is 24.6 Å². The predicted molar refractivity (Wildman–Crippen MR) is 64.8 cm³/mol. The molecule has 4 nitrogen and oxygen atoms in total. The number of rotatable bonds is 3. The third kappa shape index (κ3) is 3.71. The van der Waals surface area contributed by atoms with Gasteiger partial charge in [-0.05, 0) is 26.8 Å². The Kier molecular flexibility index (Phi) is 3.47. The van der Waals surface area contributed by atoms with Crippen molar-refractivity contribution in [3.63, 3.8) is 0 Å².